The minimum Gasteiger partial charge on any atom is -0.493 e. The fraction of sp³-hybridized carbons (Fsp3) is 0.474. The second-order valence-electron chi connectivity index (χ2n) is 12.5. The van der Waals surface area contributed by atoms with E-state index in [1.807, 2.05) is 31.7 Å². The van der Waals surface area contributed by atoms with Crippen LogP contribution in [0.4, 0.5) is 0 Å². The van der Waals surface area contributed by atoms with Gasteiger partial charge in [0.2, 0.25) is 6.79 Å². The number of unbranched alkanes of at least 4 members (excludes halogenated alkanes) is 3. The van der Waals surface area contributed by atoms with E-state index in [2.05, 4.69) is 43.3 Å². The van der Waals surface area contributed by atoms with Gasteiger partial charge < -0.3 is 29.2 Å². The van der Waals surface area contributed by atoms with Gasteiger partial charge in [0.25, 0.3) is 0 Å². The Morgan fingerprint density at radius 2 is 1.67 bits per heavy atom. The van der Waals surface area contributed by atoms with Crippen molar-refractivity contribution < 1.29 is 38.7 Å². The van der Waals surface area contributed by atoms with E-state index < -0.39 is 24.0 Å². The van der Waals surface area contributed by atoms with Gasteiger partial charge in [-0.2, -0.15) is 0 Å². The highest BCUT2D eigenvalue weighted by molar-refractivity contribution is 7.99. The van der Waals surface area contributed by atoms with Crippen molar-refractivity contribution in [1.29, 1.82) is 0 Å². The largest absolute Gasteiger partial charge is 0.493 e. The van der Waals surface area contributed by atoms with Gasteiger partial charge in [-0.1, -0.05) is 56.9 Å². The van der Waals surface area contributed by atoms with Gasteiger partial charge in [0.05, 0.1) is 14.2 Å². The van der Waals surface area contributed by atoms with Crippen molar-refractivity contribution in [3.63, 3.8) is 0 Å². The maximum Gasteiger partial charge on any atom is 0.325 e. The van der Waals surface area contributed by atoms with Gasteiger partial charge in [0.1, 0.15) is 12.1 Å². The summed E-state index contributed by atoms with van der Waals surface area (Å²) in [4.78, 5) is 28.6. The molecule has 0 saturated carbocycles. The molecule has 0 amide bonds. The molecule has 2 aliphatic heterocycles. The number of methoxy groups -OCH3 is 2. The predicted molar refractivity (Wildman–Crippen MR) is 186 cm³/mol. The first-order chi connectivity index (χ1) is 23.2. The standard InChI is InChI=1S/C38H47NO8S/c1-6-26-33-27(7-2)36-31(46-22-47-36)21-28(33)35(38(42)43)39(34(26)37(40)41)19-11-9-8-10-12-32(48-25-16-13-23(3)14-17-25)24-15-18-29(44-4)30(20-24)45-5/h13-18,20-21,26,32,34-35H,6-12,19,22H2,1-5H3,(H,40,41)(H,42,43). The summed E-state index contributed by atoms with van der Waals surface area (Å²) in [7, 11) is 3.28. The number of ether oxygens (including phenoxy) is 4. The molecule has 0 fully saturated rings. The first-order valence-electron chi connectivity index (χ1n) is 16.8. The first kappa shape index (κ1) is 35.4. The Labute approximate surface area is 287 Å². The van der Waals surface area contributed by atoms with Gasteiger partial charge >= 0.3 is 11.9 Å². The fourth-order valence-corrected chi connectivity index (χ4v) is 8.47. The average Bonchev–Trinajstić information content (AvgIpc) is 3.56. The topological polar surface area (TPSA) is 115 Å². The number of rotatable bonds is 16. The summed E-state index contributed by atoms with van der Waals surface area (Å²) in [5, 5.41) is 21.2. The van der Waals surface area contributed by atoms with Crippen molar-refractivity contribution >= 4 is 23.7 Å². The summed E-state index contributed by atoms with van der Waals surface area (Å²) in [6.07, 6.45) is 5.54. The Morgan fingerprint density at radius 1 is 0.938 bits per heavy atom. The lowest BCUT2D eigenvalue weighted by molar-refractivity contribution is -0.153. The molecule has 3 aromatic rings. The predicted octanol–water partition coefficient (Wildman–Crippen LogP) is 8.18. The van der Waals surface area contributed by atoms with Gasteiger partial charge in [-0.05, 0) is 79.6 Å². The molecule has 2 aliphatic rings. The lowest BCUT2D eigenvalue weighted by atomic mass is 9.75. The van der Waals surface area contributed by atoms with Crippen LogP contribution in [-0.2, 0) is 16.0 Å². The normalized spacial score (nSPS) is 19.1. The SMILES string of the molecule is CCc1c2c(cc3c1C(CC)C(C(=O)O)N(CCCCCCC(Sc1ccc(C)cc1)c1ccc(OC)c(OC)c1)C3C(=O)O)OCO2. The maximum absolute atomic E-state index is 12.9. The molecular formula is C38H47NO8S. The zero-order valence-electron chi connectivity index (χ0n) is 28.5. The number of carboxylic acids is 2. The van der Waals surface area contributed by atoms with Crippen molar-refractivity contribution in [2.45, 2.75) is 93.9 Å². The van der Waals surface area contributed by atoms with Crippen molar-refractivity contribution in [2.75, 3.05) is 27.6 Å². The number of thioether (sulfide) groups is 1. The molecule has 0 bridgehead atoms. The van der Waals surface area contributed by atoms with E-state index in [0.717, 1.165) is 42.4 Å². The Morgan fingerprint density at radius 3 is 2.31 bits per heavy atom. The van der Waals surface area contributed by atoms with Gasteiger partial charge in [0, 0.05) is 28.2 Å². The first-order valence-corrected chi connectivity index (χ1v) is 17.7. The van der Waals surface area contributed by atoms with Crippen molar-refractivity contribution in [3.8, 4) is 23.0 Å². The van der Waals surface area contributed by atoms with E-state index >= 15 is 0 Å². The fourth-order valence-electron chi connectivity index (χ4n) is 7.28. The van der Waals surface area contributed by atoms with Crippen LogP contribution in [0.3, 0.4) is 0 Å². The number of fused-ring (bicyclic) bond motifs is 2. The van der Waals surface area contributed by atoms with Crippen LogP contribution in [0.2, 0.25) is 0 Å². The molecule has 5 rings (SSSR count). The number of carboxylic acid groups (broad SMARTS) is 2. The van der Waals surface area contributed by atoms with Crippen LogP contribution in [0.1, 0.15) is 97.4 Å². The van der Waals surface area contributed by atoms with E-state index in [0.29, 0.717) is 54.4 Å². The highest BCUT2D eigenvalue weighted by Gasteiger charge is 2.48. The Balaban J connectivity index is 1.30. The lowest BCUT2D eigenvalue weighted by Gasteiger charge is -2.44. The van der Waals surface area contributed by atoms with Crippen molar-refractivity contribution in [1.82, 2.24) is 4.90 Å². The number of aryl methyl sites for hydroxylation is 1. The van der Waals surface area contributed by atoms with E-state index in [9.17, 15) is 19.8 Å². The van der Waals surface area contributed by atoms with E-state index in [1.165, 1.54) is 10.5 Å². The third-order valence-corrected chi connectivity index (χ3v) is 10.9. The molecule has 48 heavy (non-hydrogen) atoms. The molecule has 2 heterocycles. The molecule has 258 valence electrons. The monoisotopic (exact) mass is 677 g/mol. The van der Waals surface area contributed by atoms with Gasteiger partial charge in [-0.25, -0.2) is 0 Å². The summed E-state index contributed by atoms with van der Waals surface area (Å²) in [6.45, 7) is 6.48. The average molecular weight is 678 g/mol. The third kappa shape index (κ3) is 7.39. The van der Waals surface area contributed by atoms with E-state index in [-0.39, 0.29) is 18.0 Å². The molecule has 0 spiro atoms. The third-order valence-electron chi connectivity index (χ3n) is 9.57. The van der Waals surface area contributed by atoms with Crippen LogP contribution >= 0.6 is 11.8 Å². The quantitative estimate of drug-likeness (QED) is 0.114. The van der Waals surface area contributed by atoms with Gasteiger partial charge in [0.15, 0.2) is 23.0 Å². The number of hydrogen-bond donors (Lipinski definition) is 2. The zero-order valence-corrected chi connectivity index (χ0v) is 29.3. The smallest absolute Gasteiger partial charge is 0.325 e. The summed E-state index contributed by atoms with van der Waals surface area (Å²) in [6, 6.07) is 14.4. The van der Waals surface area contributed by atoms with Crippen molar-refractivity contribution in [2.24, 2.45) is 0 Å². The van der Waals surface area contributed by atoms with Crippen LogP contribution in [-0.4, -0.2) is 60.7 Å². The van der Waals surface area contributed by atoms with Crippen LogP contribution in [0.15, 0.2) is 53.4 Å². The number of carbonyl (C=O) groups is 2. The minimum absolute atomic E-state index is 0.0716. The maximum atomic E-state index is 12.9. The summed E-state index contributed by atoms with van der Waals surface area (Å²) in [5.41, 5.74) is 4.66. The molecule has 9 nitrogen and oxygen atoms in total. The summed E-state index contributed by atoms with van der Waals surface area (Å²) < 4.78 is 22.5. The molecule has 2 N–H and O–H groups in total. The molecule has 0 saturated heterocycles. The van der Waals surface area contributed by atoms with Crippen molar-refractivity contribution in [3.05, 3.63) is 76.3 Å². The summed E-state index contributed by atoms with van der Waals surface area (Å²) in [5.74, 6) is 0.138. The van der Waals surface area contributed by atoms with E-state index in [4.69, 9.17) is 18.9 Å². The molecule has 3 aromatic carbocycles. The van der Waals surface area contributed by atoms with Crippen LogP contribution in [0, 0.1) is 6.92 Å². The zero-order chi connectivity index (χ0) is 34.4. The molecule has 10 heteroatoms. The molecule has 4 atom stereocenters. The highest BCUT2D eigenvalue weighted by atomic mass is 32.2. The Hall–Kier alpha value is -3.89. The Kier molecular flexibility index (Phi) is 11.8. The molecule has 0 radical (unpaired) electrons. The summed E-state index contributed by atoms with van der Waals surface area (Å²) >= 11 is 1.83. The highest BCUT2D eigenvalue weighted by Crippen LogP contribution is 2.51. The molecule has 4 unspecified atom stereocenters. The number of nitrogens with zero attached hydrogens (tertiary/aromatic N) is 1. The lowest BCUT2D eigenvalue weighted by Crippen LogP contribution is -2.53. The second kappa shape index (κ2) is 16.0. The number of aliphatic carboxylic acids is 2. The molecule has 0 aromatic heterocycles. The van der Waals surface area contributed by atoms with Crippen LogP contribution < -0.4 is 18.9 Å². The van der Waals surface area contributed by atoms with E-state index in [1.54, 1.807) is 25.2 Å². The van der Waals surface area contributed by atoms with Gasteiger partial charge in [-0.15, -0.1) is 11.8 Å². The second-order valence-corrected chi connectivity index (χ2v) is 13.7. The minimum atomic E-state index is -1.08. The molecule has 0 aliphatic carbocycles. The number of hydrogen-bond acceptors (Lipinski definition) is 8. The van der Waals surface area contributed by atoms with Gasteiger partial charge in [-0.3, -0.25) is 14.5 Å². The van der Waals surface area contributed by atoms with Crippen LogP contribution in [0.25, 0.3) is 0 Å². The Bertz CT molecular complexity index is 1590. The molecular weight excluding hydrogens is 630 g/mol. The van der Waals surface area contributed by atoms with Crippen LogP contribution in [0.5, 0.6) is 23.0 Å². The number of benzene rings is 3.